The molecule has 0 fully saturated rings. The molecule has 0 aliphatic carbocycles. The lowest BCUT2D eigenvalue weighted by Gasteiger charge is -2.34. The van der Waals surface area contributed by atoms with Crippen molar-refractivity contribution in [3.8, 4) is 0 Å². The van der Waals surface area contributed by atoms with E-state index in [1.165, 1.54) is 116 Å². The van der Waals surface area contributed by atoms with Crippen LogP contribution in [0.2, 0.25) is 0 Å². The number of carboxylic acid groups (broad SMARTS) is 1. The van der Waals surface area contributed by atoms with Gasteiger partial charge >= 0.3 is 11.9 Å². The Morgan fingerprint density at radius 2 is 0.893 bits per heavy atom. The summed E-state index contributed by atoms with van der Waals surface area (Å²) in [7, 11) is 5.41. The van der Waals surface area contributed by atoms with E-state index in [1.54, 1.807) is 21.1 Å². The molecule has 0 aromatic carbocycles. The first-order valence-electron chi connectivity index (χ1n) is 23.4. The van der Waals surface area contributed by atoms with Gasteiger partial charge in [-0.05, 0) is 64.2 Å². The van der Waals surface area contributed by atoms with Crippen LogP contribution in [-0.4, -0.2) is 75.5 Å². The van der Waals surface area contributed by atoms with Crippen LogP contribution >= 0.6 is 0 Å². The van der Waals surface area contributed by atoms with Gasteiger partial charge in [0.05, 0.1) is 40.3 Å². The summed E-state index contributed by atoms with van der Waals surface area (Å²) in [6.45, 7) is 4.65. The van der Waals surface area contributed by atoms with Crippen LogP contribution in [0, 0.1) is 0 Å². The van der Waals surface area contributed by atoms with Crippen molar-refractivity contribution in [3.05, 3.63) is 24.3 Å². The van der Waals surface area contributed by atoms with Crippen molar-refractivity contribution in [2.75, 3.05) is 41.0 Å². The molecule has 0 amide bonds. The van der Waals surface area contributed by atoms with E-state index in [2.05, 4.69) is 38.2 Å². The Hall–Kier alpha value is -2.19. The molecule has 0 N–H and O–H groups in total. The van der Waals surface area contributed by atoms with E-state index < -0.39 is 18.1 Å². The van der Waals surface area contributed by atoms with Gasteiger partial charge in [-0.2, -0.15) is 0 Å². The quantitative estimate of drug-likeness (QED) is 0.0262. The largest absolute Gasteiger partial charge is 0.544 e. The Labute approximate surface area is 345 Å². The van der Waals surface area contributed by atoms with Crippen molar-refractivity contribution < 1.29 is 38.2 Å². The minimum atomic E-state index is -1.13. The van der Waals surface area contributed by atoms with Crippen LogP contribution in [0.15, 0.2) is 24.3 Å². The highest BCUT2D eigenvalue weighted by molar-refractivity contribution is 5.70. The molecule has 0 aliphatic heterocycles. The molecule has 328 valence electrons. The lowest BCUT2D eigenvalue weighted by Crippen LogP contribution is -2.55. The van der Waals surface area contributed by atoms with Crippen molar-refractivity contribution in [2.45, 2.75) is 225 Å². The predicted octanol–water partition coefficient (Wildman–Crippen LogP) is 11.5. The molecular weight excluding hydrogens is 703 g/mol. The smallest absolute Gasteiger partial charge is 0.306 e. The van der Waals surface area contributed by atoms with Crippen LogP contribution in [0.1, 0.15) is 213 Å². The van der Waals surface area contributed by atoms with E-state index in [9.17, 15) is 19.5 Å². The number of hydrogen-bond donors (Lipinski definition) is 0. The number of aliphatic carboxylic acids is 1. The number of esters is 2. The van der Waals surface area contributed by atoms with Crippen LogP contribution in [0.5, 0.6) is 0 Å². The highest BCUT2D eigenvalue weighted by Gasteiger charge is 2.25. The van der Waals surface area contributed by atoms with Crippen molar-refractivity contribution in [2.24, 2.45) is 0 Å². The molecule has 8 heteroatoms. The lowest BCUT2D eigenvalue weighted by atomic mass is 10.1. The second kappa shape index (κ2) is 39.6. The van der Waals surface area contributed by atoms with Gasteiger partial charge in [0.25, 0.3) is 0 Å². The van der Waals surface area contributed by atoms with E-state index >= 15 is 0 Å². The zero-order valence-corrected chi connectivity index (χ0v) is 37.3. The molecule has 0 bridgehead atoms. The predicted molar refractivity (Wildman–Crippen MR) is 231 cm³/mol. The Morgan fingerprint density at radius 3 is 1.30 bits per heavy atom. The Morgan fingerprint density at radius 1 is 0.518 bits per heavy atom. The number of unbranched alkanes of at least 4 members (excludes halogenated alkanes) is 24. The number of allylic oxidation sites excluding steroid dienone is 4. The summed E-state index contributed by atoms with van der Waals surface area (Å²) < 4.78 is 17.2. The van der Waals surface area contributed by atoms with E-state index in [-0.39, 0.29) is 42.7 Å². The lowest BCUT2D eigenvalue weighted by molar-refractivity contribution is -0.889. The zero-order valence-electron chi connectivity index (χ0n) is 37.3. The fourth-order valence-corrected chi connectivity index (χ4v) is 6.88. The van der Waals surface area contributed by atoms with Gasteiger partial charge in [0.2, 0.25) is 0 Å². The molecule has 0 saturated heterocycles. The van der Waals surface area contributed by atoms with Gasteiger partial charge in [-0.15, -0.1) is 0 Å². The normalized spacial score (nSPS) is 13.1. The van der Waals surface area contributed by atoms with Crippen LogP contribution in [0.4, 0.5) is 0 Å². The average Bonchev–Trinajstić information content (AvgIpc) is 3.15. The van der Waals surface area contributed by atoms with Gasteiger partial charge in [-0.25, -0.2) is 0 Å². The average molecular weight is 792 g/mol. The molecule has 0 spiro atoms. The van der Waals surface area contributed by atoms with Crippen LogP contribution in [-0.2, 0) is 28.6 Å². The molecule has 0 aromatic rings. The summed E-state index contributed by atoms with van der Waals surface area (Å²) in [5.74, 6) is -1.76. The number of rotatable bonds is 42. The first-order chi connectivity index (χ1) is 27.1. The fraction of sp³-hybridized carbons (Fsp3) is 0.854. The fourth-order valence-electron chi connectivity index (χ4n) is 6.88. The Balaban J connectivity index is 4.33. The SMILES string of the molecule is CCCCCCCCC/C=C/CCCCCC(=O)OCC(COCCC(C(=O)[O-])[N+](C)(C)C)OC(=O)CCCCCCC/C=C/CCCCCCCCCCC. The molecule has 0 aromatic heterocycles. The monoisotopic (exact) mass is 792 g/mol. The third-order valence-corrected chi connectivity index (χ3v) is 10.6. The Bertz CT molecular complexity index is 973. The number of carboxylic acids is 1. The molecule has 0 radical (unpaired) electrons. The molecule has 56 heavy (non-hydrogen) atoms. The Kier molecular flexibility index (Phi) is 38.1. The summed E-state index contributed by atoms with van der Waals surface area (Å²) in [5.41, 5.74) is 0. The summed E-state index contributed by atoms with van der Waals surface area (Å²) in [6.07, 6.45) is 43.4. The number of quaternary nitrogens is 1. The van der Waals surface area contributed by atoms with Crippen molar-refractivity contribution in [1.29, 1.82) is 0 Å². The second-order valence-corrected chi connectivity index (χ2v) is 17.0. The molecule has 0 rings (SSSR count). The third kappa shape index (κ3) is 37.4. The molecule has 0 heterocycles. The number of ether oxygens (including phenoxy) is 3. The molecule has 2 unspecified atom stereocenters. The molecule has 0 saturated carbocycles. The van der Waals surface area contributed by atoms with Crippen molar-refractivity contribution in [3.63, 3.8) is 0 Å². The standard InChI is InChI=1S/C48H89NO7/c1-6-8-10-12-14-16-18-20-22-23-24-25-27-29-31-33-35-37-39-47(51)56-44(42-54-41-40-45(48(52)53)49(3,4)5)43-55-46(50)38-36-34-32-30-28-26-21-19-17-15-13-11-9-7-2/h24-26,28,44-45H,6-23,27,29-43H2,1-5H3/b25-24+,28-26+. The van der Waals surface area contributed by atoms with Crippen LogP contribution in [0.3, 0.4) is 0 Å². The number of nitrogens with zero attached hydrogens (tertiary/aromatic N) is 1. The highest BCUT2D eigenvalue weighted by Crippen LogP contribution is 2.14. The van der Waals surface area contributed by atoms with Crippen LogP contribution < -0.4 is 5.11 Å². The van der Waals surface area contributed by atoms with E-state index in [4.69, 9.17) is 14.2 Å². The summed E-state index contributed by atoms with van der Waals surface area (Å²) >= 11 is 0. The van der Waals surface area contributed by atoms with Crippen molar-refractivity contribution >= 4 is 17.9 Å². The van der Waals surface area contributed by atoms with E-state index in [0.717, 1.165) is 64.2 Å². The summed E-state index contributed by atoms with van der Waals surface area (Å²) in [4.78, 5) is 36.9. The topological polar surface area (TPSA) is 102 Å². The van der Waals surface area contributed by atoms with Gasteiger partial charge in [-0.3, -0.25) is 9.59 Å². The van der Waals surface area contributed by atoms with Crippen LogP contribution in [0.25, 0.3) is 0 Å². The molecule has 0 aliphatic rings. The first kappa shape index (κ1) is 53.8. The minimum Gasteiger partial charge on any atom is -0.544 e. The van der Waals surface area contributed by atoms with Crippen molar-refractivity contribution in [1.82, 2.24) is 0 Å². The minimum absolute atomic E-state index is 0.0355. The molecular formula is C48H89NO7. The number of hydrogen-bond acceptors (Lipinski definition) is 7. The van der Waals surface area contributed by atoms with Gasteiger partial charge < -0.3 is 28.6 Å². The summed E-state index contributed by atoms with van der Waals surface area (Å²) in [6, 6.07) is -0.727. The highest BCUT2D eigenvalue weighted by atomic mass is 16.6. The number of carbonyl (C=O) groups is 3. The molecule has 2 atom stereocenters. The second-order valence-electron chi connectivity index (χ2n) is 17.0. The van der Waals surface area contributed by atoms with Gasteiger partial charge in [0.15, 0.2) is 6.10 Å². The maximum absolute atomic E-state index is 12.7. The molecule has 8 nitrogen and oxygen atoms in total. The number of carbonyl (C=O) groups excluding carboxylic acids is 3. The third-order valence-electron chi connectivity index (χ3n) is 10.6. The van der Waals surface area contributed by atoms with Gasteiger partial charge in [0, 0.05) is 19.3 Å². The summed E-state index contributed by atoms with van der Waals surface area (Å²) in [5, 5.41) is 11.6. The van der Waals surface area contributed by atoms with E-state index in [0.29, 0.717) is 12.8 Å². The van der Waals surface area contributed by atoms with Gasteiger partial charge in [0.1, 0.15) is 12.6 Å². The first-order valence-corrected chi connectivity index (χ1v) is 23.4. The van der Waals surface area contributed by atoms with E-state index in [1.807, 2.05) is 0 Å². The number of likely N-dealkylation sites (N-methyl/N-ethyl adjacent to an activating group) is 1. The van der Waals surface area contributed by atoms with Gasteiger partial charge in [-0.1, -0.05) is 154 Å². The maximum Gasteiger partial charge on any atom is 0.306 e. The zero-order chi connectivity index (χ0) is 41.4. The maximum atomic E-state index is 12.7.